The molecular weight excluding hydrogens is 413 g/mol. The predicted molar refractivity (Wildman–Crippen MR) is 130 cm³/mol. The van der Waals surface area contributed by atoms with Crippen LogP contribution >= 0.6 is 0 Å². The molecule has 0 bridgehead atoms. The first-order chi connectivity index (χ1) is 16.1. The summed E-state index contributed by atoms with van der Waals surface area (Å²) in [7, 11) is 0. The number of rotatable bonds is 6. The maximum atomic E-state index is 13.1. The van der Waals surface area contributed by atoms with Gasteiger partial charge in [-0.3, -0.25) is 4.79 Å². The highest BCUT2D eigenvalue weighted by molar-refractivity contribution is 6.09. The number of carbonyl (C=O) groups excluding carboxylic acids is 1. The number of halogens is 1. The number of para-hydroxylation sites is 2. The van der Waals surface area contributed by atoms with E-state index < -0.39 is 11.7 Å². The first-order valence-electron chi connectivity index (χ1n) is 10.3. The number of nitrogens with one attached hydrogen (secondary N) is 1. The predicted octanol–water partition coefficient (Wildman–Crippen LogP) is 6.84. The summed E-state index contributed by atoms with van der Waals surface area (Å²) in [6.45, 7) is 0. The molecule has 0 radical (unpaired) electrons. The van der Waals surface area contributed by atoms with E-state index in [1.165, 1.54) is 30.3 Å². The highest BCUT2D eigenvalue weighted by atomic mass is 19.1. The SMILES string of the molecule is N#CC(=Cc1ccc(N(c2ccccc2)c2ccccc2)cc1)C(=O)Nc1ccc(F)cc1. The summed E-state index contributed by atoms with van der Waals surface area (Å²) in [5.74, 6) is -0.951. The molecule has 0 spiro atoms. The van der Waals surface area contributed by atoms with Crippen LogP contribution in [0.3, 0.4) is 0 Å². The zero-order valence-electron chi connectivity index (χ0n) is 17.7. The summed E-state index contributed by atoms with van der Waals surface area (Å²) in [5.41, 5.74) is 4.06. The minimum absolute atomic E-state index is 0.0463. The van der Waals surface area contributed by atoms with Crippen molar-refractivity contribution in [2.24, 2.45) is 0 Å². The van der Waals surface area contributed by atoms with Gasteiger partial charge in [-0.1, -0.05) is 48.5 Å². The maximum Gasteiger partial charge on any atom is 0.266 e. The molecule has 5 heteroatoms. The fourth-order valence-electron chi connectivity index (χ4n) is 3.37. The summed E-state index contributed by atoms with van der Waals surface area (Å²) < 4.78 is 13.1. The Labute approximate surface area is 191 Å². The molecule has 1 amide bonds. The molecule has 4 rings (SSSR count). The molecule has 0 fully saturated rings. The molecule has 0 aliphatic heterocycles. The second-order valence-electron chi connectivity index (χ2n) is 7.23. The highest BCUT2D eigenvalue weighted by Gasteiger charge is 2.13. The summed E-state index contributed by atoms with van der Waals surface area (Å²) in [4.78, 5) is 14.6. The van der Waals surface area contributed by atoms with Crippen molar-refractivity contribution in [3.8, 4) is 6.07 Å². The lowest BCUT2D eigenvalue weighted by Crippen LogP contribution is -2.13. The summed E-state index contributed by atoms with van der Waals surface area (Å²) in [6.07, 6.45) is 1.53. The summed E-state index contributed by atoms with van der Waals surface area (Å²) >= 11 is 0. The number of anilines is 4. The third-order valence-electron chi connectivity index (χ3n) is 4.96. The van der Waals surface area contributed by atoms with Crippen LogP contribution in [0.25, 0.3) is 6.08 Å². The van der Waals surface area contributed by atoms with E-state index in [4.69, 9.17) is 0 Å². The van der Waals surface area contributed by atoms with Gasteiger partial charge in [0.15, 0.2) is 0 Å². The number of nitriles is 1. The second kappa shape index (κ2) is 10.1. The Morgan fingerprint density at radius 3 is 1.79 bits per heavy atom. The van der Waals surface area contributed by atoms with E-state index in [1.807, 2.05) is 91.0 Å². The van der Waals surface area contributed by atoms with Gasteiger partial charge >= 0.3 is 0 Å². The van der Waals surface area contributed by atoms with Crippen LogP contribution < -0.4 is 10.2 Å². The topological polar surface area (TPSA) is 56.1 Å². The van der Waals surface area contributed by atoms with Gasteiger partial charge < -0.3 is 10.2 Å². The van der Waals surface area contributed by atoms with Crippen LogP contribution in [0.15, 0.2) is 115 Å². The van der Waals surface area contributed by atoms with Crippen LogP contribution in [0.1, 0.15) is 5.56 Å². The van der Waals surface area contributed by atoms with Crippen LogP contribution in [0.5, 0.6) is 0 Å². The largest absolute Gasteiger partial charge is 0.321 e. The Morgan fingerprint density at radius 1 is 0.758 bits per heavy atom. The lowest BCUT2D eigenvalue weighted by atomic mass is 10.1. The minimum Gasteiger partial charge on any atom is -0.321 e. The Morgan fingerprint density at radius 2 is 1.27 bits per heavy atom. The Bertz CT molecular complexity index is 1250. The summed E-state index contributed by atoms with van der Waals surface area (Å²) in [6, 6.07) is 35.0. The van der Waals surface area contributed by atoms with Crippen molar-refractivity contribution >= 4 is 34.7 Å². The van der Waals surface area contributed by atoms with E-state index in [9.17, 15) is 14.4 Å². The van der Waals surface area contributed by atoms with Gasteiger partial charge in [0.2, 0.25) is 0 Å². The fraction of sp³-hybridized carbons (Fsp3) is 0. The van der Waals surface area contributed by atoms with Crippen molar-refractivity contribution in [1.29, 1.82) is 5.26 Å². The van der Waals surface area contributed by atoms with Crippen LogP contribution in [-0.2, 0) is 4.79 Å². The number of hydrogen-bond acceptors (Lipinski definition) is 3. The van der Waals surface area contributed by atoms with E-state index in [0.717, 1.165) is 17.1 Å². The standard InChI is InChI=1S/C28H20FN3O/c29-23-13-15-24(16-14-23)31-28(33)22(20-30)19-21-11-17-27(18-12-21)32(25-7-3-1-4-8-25)26-9-5-2-6-10-26/h1-19H,(H,31,33). The molecule has 4 aromatic carbocycles. The fourth-order valence-corrected chi connectivity index (χ4v) is 3.37. The Kier molecular flexibility index (Phi) is 6.58. The maximum absolute atomic E-state index is 13.1. The Hall–Kier alpha value is -4.69. The minimum atomic E-state index is -0.552. The molecule has 1 N–H and O–H groups in total. The molecule has 0 saturated carbocycles. The van der Waals surface area contributed by atoms with Crippen molar-refractivity contribution in [3.05, 3.63) is 126 Å². The number of amides is 1. The van der Waals surface area contributed by atoms with Gasteiger partial charge in [0.05, 0.1) is 0 Å². The third kappa shape index (κ3) is 5.33. The van der Waals surface area contributed by atoms with Crippen molar-refractivity contribution in [2.45, 2.75) is 0 Å². The van der Waals surface area contributed by atoms with E-state index in [1.54, 1.807) is 0 Å². The van der Waals surface area contributed by atoms with Crippen molar-refractivity contribution in [1.82, 2.24) is 0 Å². The smallest absolute Gasteiger partial charge is 0.266 e. The average molecular weight is 433 g/mol. The van der Waals surface area contributed by atoms with Crippen molar-refractivity contribution in [2.75, 3.05) is 10.2 Å². The van der Waals surface area contributed by atoms with E-state index in [2.05, 4.69) is 10.2 Å². The number of carbonyl (C=O) groups is 1. The molecule has 4 aromatic rings. The molecule has 0 aliphatic carbocycles. The second-order valence-corrected chi connectivity index (χ2v) is 7.23. The van der Waals surface area contributed by atoms with Crippen LogP contribution in [0.4, 0.5) is 27.1 Å². The van der Waals surface area contributed by atoms with Gasteiger partial charge in [0.1, 0.15) is 17.5 Å². The molecule has 0 heterocycles. The van der Waals surface area contributed by atoms with Gasteiger partial charge in [0, 0.05) is 22.7 Å². The lowest BCUT2D eigenvalue weighted by Gasteiger charge is -2.25. The molecular formula is C28H20FN3O. The van der Waals surface area contributed by atoms with Gasteiger partial charge in [-0.15, -0.1) is 0 Å². The number of hydrogen-bond donors (Lipinski definition) is 1. The zero-order valence-corrected chi connectivity index (χ0v) is 17.7. The van der Waals surface area contributed by atoms with E-state index >= 15 is 0 Å². The first kappa shape index (κ1) is 21.5. The molecule has 0 atom stereocenters. The number of benzene rings is 4. The van der Waals surface area contributed by atoms with Crippen LogP contribution in [0.2, 0.25) is 0 Å². The molecule has 0 saturated heterocycles. The van der Waals surface area contributed by atoms with E-state index in [0.29, 0.717) is 11.3 Å². The highest BCUT2D eigenvalue weighted by Crippen LogP contribution is 2.34. The van der Waals surface area contributed by atoms with Gasteiger partial charge in [-0.2, -0.15) is 5.26 Å². The Balaban J connectivity index is 1.59. The molecule has 0 unspecified atom stereocenters. The zero-order chi connectivity index (χ0) is 23.0. The third-order valence-corrected chi connectivity index (χ3v) is 4.96. The summed E-state index contributed by atoms with van der Waals surface area (Å²) in [5, 5.41) is 12.1. The number of nitrogens with zero attached hydrogens (tertiary/aromatic N) is 2. The van der Waals surface area contributed by atoms with Crippen molar-refractivity contribution < 1.29 is 9.18 Å². The molecule has 0 aliphatic rings. The van der Waals surface area contributed by atoms with Gasteiger partial charge in [-0.25, -0.2) is 4.39 Å². The lowest BCUT2D eigenvalue weighted by molar-refractivity contribution is -0.112. The molecule has 33 heavy (non-hydrogen) atoms. The van der Waals surface area contributed by atoms with Gasteiger partial charge in [0.25, 0.3) is 5.91 Å². The normalized spacial score (nSPS) is 10.8. The van der Waals surface area contributed by atoms with Crippen molar-refractivity contribution in [3.63, 3.8) is 0 Å². The van der Waals surface area contributed by atoms with Crippen LogP contribution in [-0.4, -0.2) is 5.91 Å². The quantitative estimate of drug-likeness (QED) is 0.267. The van der Waals surface area contributed by atoms with Crippen LogP contribution in [0, 0.1) is 17.1 Å². The first-order valence-corrected chi connectivity index (χ1v) is 10.3. The average Bonchev–Trinajstić information content (AvgIpc) is 2.86. The van der Waals surface area contributed by atoms with Gasteiger partial charge in [-0.05, 0) is 72.3 Å². The van der Waals surface area contributed by atoms with E-state index in [-0.39, 0.29) is 5.57 Å². The molecule has 0 aromatic heterocycles. The molecule has 160 valence electrons. The monoisotopic (exact) mass is 433 g/mol. The molecule has 4 nitrogen and oxygen atoms in total.